The fourth-order valence-electron chi connectivity index (χ4n) is 4.16. The van der Waals surface area contributed by atoms with Gasteiger partial charge in [-0.05, 0) is 30.9 Å². The third-order valence-corrected chi connectivity index (χ3v) is 6.06. The second-order valence-corrected chi connectivity index (χ2v) is 7.65. The summed E-state index contributed by atoms with van der Waals surface area (Å²) in [7, 11) is 1.58. The molecule has 0 spiro atoms. The Kier molecular flexibility index (Phi) is 5.35. The molecule has 0 N–H and O–H groups in total. The lowest BCUT2D eigenvalue weighted by Crippen LogP contribution is -2.50. The van der Waals surface area contributed by atoms with Crippen LogP contribution in [-0.2, 0) is 11.2 Å². The molecule has 28 heavy (non-hydrogen) atoms. The molecule has 2 atom stereocenters. The van der Waals surface area contributed by atoms with Gasteiger partial charge in [-0.25, -0.2) is 14.4 Å². The highest BCUT2D eigenvalue weighted by atomic mass is 35.5. The molecule has 2 aromatic rings. The molecule has 4 rings (SSSR count). The number of halogens is 2. The first-order valence-corrected chi connectivity index (χ1v) is 9.78. The van der Waals surface area contributed by atoms with Crippen molar-refractivity contribution in [3.8, 4) is 5.75 Å². The van der Waals surface area contributed by atoms with Gasteiger partial charge in [-0.2, -0.15) is 0 Å². The molecule has 0 bridgehead atoms. The molecular formula is C20H22ClFN4O2. The van der Waals surface area contributed by atoms with Crippen LogP contribution in [0.4, 0.5) is 10.3 Å². The molecule has 0 saturated carbocycles. The zero-order chi connectivity index (χ0) is 19.7. The molecule has 8 heteroatoms. The number of aromatic nitrogens is 2. The normalized spacial score (nSPS) is 21.5. The maximum Gasteiger partial charge on any atom is 0.227 e. The van der Waals surface area contributed by atoms with Gasteiger partial charge in [0.05, 0.1) is 32.0 Å². The van der Waals surface area contributed by atoms with Gasteiger partial charge in [-0.1, -0.05) is 17.7 Å². The third-order valence-electron chi connectivity index (χ3n) is 5.71. The molecule has 148 valence electrons. The standard InChI is InChI=1S/C20H22ClFN4O2/c1-28-14-10-23-20(24-11-14)25-7-5-13-6-8-26(18(13)12-25)19(27)9-15-16(21)3-2-4-17(15)22/h2-4,10-11,13,18H,5-9,12H2,1H3. The van der Waals surface area contributed by atoms with Crippen LogP contribution in [0.3, 0.4) is 0 Å². The number of amides is 1. The van der Waals surface area contributed by atoms with Crippen molar-refractivity contribution in [2.24, 2.45) is 5.92 Å². The van der Waals surface area contributed by atoms with Gasteiger partial charge in [-0.15, -0.1) is 0 Å². The number of hydrogen-bond donors (Lipinski definition) is 0. The number of benzene rings is 1. The van der Waals surface area contributed by atoms with Crippen LogP contribution in [0.25, 0.3) is 0 Å². The van der Waals surface area contributed by atoms with E-state index in [0.717, 1.165) is 19.4 Å². The Morgan fingerprint density at radius 1 is 1.29 bits per heavy atom. The highest BCUT2D eigenvalue weighted by Crippen LogP contribution is 2.33. The van der Waals surface area contributed by atoms with Gasteiger partial charge < -0.3 is 14.5 Å². The summed E-state index contributed by atoms with van der Waals surface area (Å²) in [6.07, 6.45) is 5.22. The maximum atomic E-state index is 14.1. The highest BCUT2D eigenvalue weighted by molar-refractivity contribution is 6.31. The summed E-state index contributed by atoms with van der Waals surface area (Å²) in [6, 6.07) is 4.58. The monoisotopic (exact) mass is 404 g/mol. The number of carbonyl (C=O) groups is 1. The van der Waals surface area contributed by atoms with E-state index in [9.17, 15) is 9.18 Å². The van der Waals surface area contributed by atoms with Crippen molar-refractivity contribution in [1.82, 2.24) is 14.9 Å². The van der Waals surface area contributed by atoms with Gasteiger partial charge in [-0.3, -0.25) is 4.79 Å². The number of carbonyl (C=O) groups excluding carboxylic acids is 1. The summed E-state index contributed by atoms with van der Waals surface area (Å²) in [5.74, 6) is 1.17. The molecular weight excluding hydrogens is 383 g/mol. The summed E-state index contributed by atoms with van der Waals surface area (Å²) >= 11 is 6.10. The van der Waals surface area contributed by atoms with Gasteiger partial charge in [0.2, 0.25) is 11.9 Å². The average Bonchev–Trinajstić information content (AvgIpc) is 3.14. The Morgan fingerprint density at radius 2 is 2.04 bits per heavy atom. The molecule has 0 aliphatic carbocycles. The number of fused-ring (bicyclic) bond motifs is 1. The molecule has 2 saturated heterocycles. The second-order valence-electron chi connectivity index (χ2n) is 7.24. The number of anilines is 1. The van der Waals surface area contributed by atoms with Crippen LogP contribution in [0.1, 0.15) is 18.4 Å². The van der Waals surface area contributed by atoms with E-state index < -0.39 is 5.82 Å². The minimum Gasteiger partial charge on any atom is -0.494 e. The minimum atomic E-state index is -0.437. The van der Waals surface area contributed by atoms with E-state index in [1.165, 1.54) is 6.07 Å². The zero-order valence-electron chi connectivity index (χ0n) is 15.6. The van der Waals surface area contributed by atoms with Crippen LogP contribution in [0, 0.1) is 11.7 Å². The van der Waals surface area contributed by atoms with E-state index in [0.29, 0.717) is 35.7 Å². The van der Waals surface area contributed by atoms with Crippen molar-refractivity contribution in [1.29, 1.82) is 0 Å². The van der Waals surface area contributed by atoms with Crippen molar-refractivity contribution in [2.75, 3.05) is 31.6 Å². The van der Waals surface area contributed by atoms with Crippen LogP contribution in [0.2, 0.25) is 5.02 Å². The van der Waals surface area contributed by atoms with Gasteiger partial charge >= 0.3 is 0 Å². The second kappa shape index (κ2) is 7.91. The zero-order valence-corrected chi connectivity index (χ0v) is 16.4. The minimum absolute atomic E-state index is 0.0201. The van der Waals surface area contributed by atoms with E-state index in [-0.39, 0.29) is 23.9 Å². The Hall–Kier alpha value is -2.41. The van der Waals surface area contributed by atoms with Crippen LogP contribution in [0.5, 0.6) is 5.75 Å². The quantitative estimate of drug-likeness (QED) is 0.784. The predicted molar refractivity (Wildman–Crippen MR) is 104 cm³/mol. The van der Waals surface area contributed by atoms with Crippen LogP contribution >= 0.6 is 11.6 Å². The average molecular weight is 405 g/mol. The van der Waals surface area contributed by atoms with Crippen molar-refractivity contribution in [3.63, 3.8) is 0 Å². The molecule has 1 aromatic carbocycles. The molecule has 1 aromatic heterocycles. The summed E-state index contributed by atoms with van der Waals surface area (Å²) in [6.45, 7) is 2.22. The smallest absolute Gasteiger partial charge is 0.227 e. The first-order valence-electron chi connectivity index (χ1n) is 9.40. The first-order chi connectivity index (χ1) is 13.6. The summed E-state index contributed by atoms with van der Waals surface area (Å²) in [5.41, 5.74) is 0.267. The number of piperidine rings is 1. The van der Waals surface area contributed by atoms with Gasteiger partial charge in [0.15, 0.2) is 5.75 Å². The van der Waals surface area contributed by atoms with E-state index in [1.54, 1.807) is 31.6 Å². The van der Waals surface area contributed by atoms with E-state index >= 15 is 0 Å². The van der Waals surface area contributed by atoms with E-state index in [4.69, 9.17) is 16.3 Å². The summed E-state index contributed by atoms with van der Waals surface area (Å²) in [5, 5.41) is 0.293. The Bertz CT molecular complexity index is 844. The number of rotatable bonds is 4. The van der Waals surface area contributed by atoms with Crippen LogP contribution in [-0.4, -0.2) is 53.6 Å². The molecule has 2 unspecified atom stereocenters. The van der Waals surface area contributed by atoms with Gasteiger partial charge in [0.25, 0.3) is 0 Å². The van der Waals surface area contributed by atoms with Crippen LogP contribution < -0.4 is 9.64 Å². The molecule has 2 aliphatic rings. The lowest BCUT2D eigenvalue weighted by Gasteiger charge is -2.38. The van der Waals surface area contributed by atoms with Crippen molar-refractivity contribution in [2.45, 2.75) is 25.3 Å². The number of likely N-dealkylation sites (tertiary alicyclic amines) is 1. The molecule has 3 heterocycles. The first kappa shape index (κ1) is 18.9. The fourth-order valence-corrected chi connectivity index (χ4v) is 4.39. The molecule has 2 aliphatic heterocycles. The highest BCUT2D eigenvalue weighted by Gasteiger charge is 2.41. The molecule has 0 radical (unpaired) electrons. The van der Waals surface area contributed by atoms with Crippen molar-refractivity contribution in [3.05, 3.63) is 47.0 Å². The Morgan fingerprint density at radius 3 is 2.75 bits per heavy atom. The Balaban J connectivity index is 1.48. The Labute approximate surface area is 168 Å². The molecule has 1 amide bonds. The van der Waals surface area contributed by atoms with Gasteiger partial charge in [0.1, 0.15) is 5.82 Å². The lowest BCUT2D eigenvalue weighted by atomic mass is 9.92. The largest absolute Gasteiger partial charge is 0.494 e. The SMILES string of the molecule is COc1cnc(N2CCC3CCN(C(=O)Cc4c(F)cccc4Cl)C3C2)nc1. The van der Waals surface area contributed by atoms with E-state index in [1.807, 2.05) is 4.90 Å². The van der Waals surface area contributed by atoms with Crippen molar-refractivity contribution >= 4 is 23.5 Å². The fraction of sp³-hybridized carbons (Fsp3) is 0.450. The van der Waals surface area contributed by atoms with Crippen LogP contribution in [0.15, 0.2) is 30.6 Å². The maximum absolute atomic E-state index is 14.1. The van der Waals surface area contributed by atoms with E-state index in [2.05, 4.69) is 14.9 Å². The third kappa shape index (κ3) is 3.63. The molecule has 6 nitrogen and oxygen atoms in total. The number of nitrogens with zero attached hydrogens (tertiary/aromatic N) is 4. The van der Waals surface area contributed by atoms with Gasteiger partial charge in [0, 0.05) is 30.2 Å². The molecule has 2 fully saturated rings. The predicted octanol–water partition coefficient (Wildman–Crippen LogP) is 2.95. The number of hydrogen-bond acceptors (Lipinski definition) is 5. The topological polar surface area (TPSA) is 58.6 Å². The number of ether oxygens (including phenoxy) is 1. The summed E-state index contributed by atoms with van der Waals surface area (Å²) in [4.78, 5) is 25.6. The van der Waals surface area contributed by atoms with Crippen molar-refractivity contribution < 1.29 is 13.9 Å². The lowest BCUT2D eigenvalue weighted by molar-refractivity contribution is -0.131. The number of methoxy groups -OCH3 is 1. The summed E-state index contributed by atoms with van der Waals surface area (Å²) < 4.78 is 19.2.